The largest absolute Gasteiger partial charge is 0.493 e. The zero-order chi connectivity index (χ0) is 21.5. The van der Waals surface area contributed by atoms with E-state index in [0.29, 0.717) is 29.1 Å². The van der Waals surface area contributed by atoms with Crippen LogP contribution in [0.4, 0.5) is 27.9 Å². The molecule has 0 bridgehead atoms. The summed E-state index contributed by atoms with van der Waals surface area (Å²) < 4.78 is 23.6. The van der Waals surface area contributed by atoms with Crippen molar-refractivity contribution < 1.29 is 13.9 Å². The van der Waals surface area contributed by atoms with Gasteiger partial charge in [0.2, 0.25) is 17.8 Å². The second-order valence-corrected chi connectivity index (χ2v) is 6.29. The first kappa shape index (κ1) is 23.6. The van der Waals surface area contributed by atoms with Crippen LogP contribution < -0.4 is 25.1 Å². The number of rotatable bonds is 8. The molecule has 0 aliphatic carbocycles. The molecule has 1 heterocycles. The number of halogens is 2. The summed E-state index contributed by atoms with van der Waals surface area (Å²) >= 11 is 0. The maximum atomic E-state index is 13.1. The van der Waals surface area contributed by atoms with Crippen molar-refractivity contribution in [1.29, 1.82) is 0 Å². The van der Waals surface area contributed by atoms with Crippen molar-refractivity contribution in [3.63, 3.8) is 0 Å². The number of hydrogen-bond donors (Lipinski definition) is 2. The van der Waals surface area contributed by atoms with Gasteiger partial charge in [0, 0.05) is 19.8 Å². The van der Waals surface area contributed by atoms with Crippen molar-refractivity contribution in [3.8, 4) is 11.5 Å². The molecule has 0 unspecified atom stereocenters. The molecule has 164 valence electrons. The summed E-state index contributed by atoms with van der Waals surface area (Å²) in [7, 11) is 6.77. The Hall–Kier alpha value is -3.66. The Morgan fingerprint density at radius 1 is 0.935 bits per heavy atom. The van der Waals surface area contributed by atoms with Crippen molar-refractivity contribution in [2.24, 2.45) is 5.10 Å². The first-order valence-corrected chi connectivity index (χ1v) is 8.95. The van der Waals surface area contributed by atoms with E-state index in [2.05, 4.69) is 30.8 Å². The van der Waals surface area contributed by atoms with Crippen molar-refractivity contribution in [2.75, 3.05) is 44.0 Å². The van der Waals surface area contributed by atoms with Crippen LogP contribution in [0.3, 0.4) is 0 Å². The molecule has 11 heteroatoms. The van der Waals surface area contributed by atoms with Crippen LogP contribution >= 0.6 is 12.4 Å². The van der Waals surface area contributed by atoms with E-state index in [1.54, 1.807) is 49.6 Å². The lowest BCUT2D eigenvalue weighted by Crippen LogP contribution is -2.15. The molecular weight excluding hydrogens is 425 g/mol. The Morgan fingerprint density at radius 3 is 2.26 bits per heavy atom. The number of methoxy groups -OCH3 is 2. The van der Waals surface area contributed by atoms with Gasteiger partial charge in [-0.3, -0.25) is 0 Å². The summed E-state index contributed by atoms with van der Waals surface area (Å²) in [6.45, 7) is 0. The Labute approximate surface area is 185 Å². The highest BCUT2D eigenvalue weighted by Crippen LogP contribution is 2.27. The highest BCUT2D eigenvalue weighted by molar-refractivity contribution is 5.85. The fraction of sp³-hybridized carbons (Fsp3) is 0.200. The topological polar surface area (TPSA) is 96.8 Å². The van der Waals surface area contributed by atoms with E-state index in [-0.39, 0.29) is 24.2 Å². The van der Waals surface area contributed by atoms with Gasteiger partial charge >= 0.3 is 0 Å². The fourth-order valence-corrected chi connectivity index (χ4v) is 2.43. The van der Waals surface area contributed by atoms with Crippen molar-refractivity contribution in [1.82, 2.24) is 15.0 Å². The summed E-state index contributed by atoms with van der Waals surface area (Å²) in [4.78, 5) is 14.7. The summed E-state index contributed by atoms with van der Waals surface area (Å²) in [5, 5.41) is 7.21. The van der Waals surface area contributed by atoms with E-state index in [9.17, 15) is 4.39 Å². The van der Waals surface area contributed by atoms with Gasteiger partial charge in [-0.2, -0.15) is 20.1 Å². The second kappa shape index (κ2) is 10.9. The third kappa shape index (κ3) is 6.41. The zero-order valence-electron chi connectivity index (χ0n) is 17.5. The fourth-order valence-electron chi connectivity index (χ4n) is 2.43. The number of hydrazone groups is 1. The molecule has 0 saturated carbocycles. The monoisotopic (exact) mass is 447 g/mol. The predicted molar refractivity (Wildman–Crippen MR) is 122 cm³/mol. The SMILES string of the molecule is COc1ccc(/C=N/Nc2nc(Nc3ccc(F)cc3)nc(N(C)C)n2)cc1OC.Cl. The predicted octanol–water partition coefficient (Wildman–Crippen LogP) is 3.71. The Kier molecular flexibility index (Phi) is 8.33. The van der Waals surface area contributed by atoms with Crippen LogP contribution in [0.5, 0.6) is 11.5 Å². The van der Waals surface area contributed by atoms with Gasteiger partial charge < -0.3 is 19.7 Å². The number of aromatic nitrogens is 3. The molecule has 0 fully saturated rings. The Morgan fingerprint density at radius 2 is 1.61 bits per heavy atom. The Balaban J connectivity index is 0.00000341. The molecule has 0 saturated heterocycles. The standard InChI is InChI=1S/C20H22FN7O2.ClH/c1-28(2)20-25-18(23-15-8-6-14(21)7-9-15)24-19(26-20)27-22-12-13-5-10-16(29-3)17(11-13)30-4;/h5-12H,1-4H3,(H2,23,24,25,26,27);1H/b22-12+;. The average molecular weight is 448 g/mol. The number of nitrogens with zero attached hydrogens (tertiary/aromatic N) is 5. The van der Waals surface area contributed by atoms with Crippen LogP contribution in [0.1, 0.15) is 5.56 Å². The third-order valence-electron chi connectivity index (χ3n) is 3.91. The zero-order valence-corrected chi connectivity index (χ0v) is 18.3. The molecule has 0 atom stereocenters. The molecule has 31 heavy (non-hydrogen) atoms. The van der Waals surface area contributed by atoms with E-state index in [1.165, 1.54) is 12.1 Å². The van der Waals surface area contributed by atoms with Crippen LogP contribution in [-0.2, 0) is 0 Å². The van der Waals surface area contributed by atoms with E-state index < -0.39 is 0 Å². The van der Waals surface area contributed by atoms with E-state index in [4.69, 9.17) is 9.47 Å². The smallest absolute Gasteiger partial charge is 0.250 e. The highest BCUT2D eigenvalue weighted by Gasteiger charge is 2.09. The van der Waals surface area contributed by atoms with Crippen LogP contribution in [-0.4, -0.2) is 49.5 Å². The van der Waals surface area contributed by atoms with Crippen molar-refractivity contribution in [3.05, 3.63) is 53.8 Å². The van der Waals surface area contributed by atoms with Gasteiger partial charge in [-0.05, 0) is 48.0 Å². The van der Waals surface area contributed by atoms with Gasteiger partial charge in [0.05, 0.1) is 20.4 Å². The molecule has 3 aromatic rings. The average Bonchev–Trinajstić information content (AvgIpc) is 2.75. The first-order chi connectivity index (χ1) is 14.5. The molecule has 2 N–H and O–H groups in total. The van der Waals surface area contributed by atoms with E-state index >= 15 is 0 Å². The minimum Gasteiger partial charge on any atom is -0.493 e. The number of anilines is 4. The molecule has 0 amide bonds. The molecule has 9 nitrogen and oxygen atoms in total. The minimum atomic E-state index is -0.322. The number of ether oxygens (including phenoxy) is 2. The van der Waals surface area contributed by atoms with Crippen LogP contribution in [0.15, 0.2) is 47.6 Å². The molecule has 3 rings (SSSR count). The number of benzene rings is 2. The highest BCUT2D eigenvalue weighted by atomic mass is 35.5. The van der Waals surface area contributed by atoms with Gasteiger partial charge in [-0.1, -0.05) is 0 Å². The third-order valence-corrected chi connectivity index (χ3v) is 3.91. The minimum absolute atomic E-state index is 0. The number of nitrogens with one attached hydrogen (secondary N) is 2. The summed E-state index contributed by atoms with van der Waals surface area (Å²) in [6.07, 6.45) is 1.61. The van der Waals surface area contributed by atoms with Crippen LogP contribution in [0.2, 0.25) is 0 Å². The van der Waals surface area contributed by atoms with Gasteiger partial charge in [-0.15, -0.1) is 12.4 Å². The number of hydrogen-bond acceptors (Lipinski definition) is 9. The summed E-state index contributed by atoms with van der Waals surface area (Å²) in [5.41, 5.74) is 4.24. The van der Waals surface area contributed by atoms with Crippen molar-refractivity contribution in [2.45, 2.75) is 0 Å². The maximum Gasteiger partial charge on any atom is 0.250 e. The second-order valence-electron chi connectivity index (χ2n) is 6.29. The normalized spacial score (nSPS) is 10.4. The van der Waals surface area contributed by atoms with Gasteiger partial charge in [0.15, 0.2) is 11.5 Å². The molecule has 0 aliphatic heterocycles. The lowest BCUT2D eigenvalue weighted by atomic mass is 10.2. The maximum absolute atomic E-state index is 13.1. The van der Waals surface area contributed by atoms with E-state index in [1.807, 2.05) is 20.2 Å². The molecular formula is C20H23ClFN7O2. The van der Waals surface area contributed by atoms with Gasteiger partial charge in [0.1, 0.15) is 5.82 Å². The molecule has 2 aromatic carbocycles. The van der Waals surface area contributed by atoms with Gasteiger partial charge in [0.25, 0.3) is 0 Å². The summed E-state index contributed by atoms with van der Waals surface area (Å²) in [5.74, 6) is 1.88. The van der Waals surface area contributed by atoms with Crippen molar-refractivity contribution >= 4 is 42.2 Å². The molecule has 0 aliphatic rings. The lowest BCUT2D eigenvalue weighted by Gasteiger charge is -2.13. The van der Waals surface area contributed by atoms with Gasteiger partial charge in [-0.25, -0.2) is 9.82 Å². The summed E-state index contributed by atoms with van der Waals surface area (Å²) in [6, 6.07) is 11.3. The Bertz CT molecular complexity index is 1030. The lowest BCUT2D eigenvalue weighted by molar-refractivity contribution is 0.355. The van der Waals surface area contributed by atoms with Crippen LogP contribution in [0.25, 0.3) is 0 Å². The molecule has 0 spiro atoms. The quantitative estimate of drug-likeness (QED) is 0.398. The molecule has 0 radical (unpaired) electrons. The first-order valence-electron chi connectivity index (χ1n) is 8.95. The molecule has 1 aromatic heterocycles. The van der Waals surface area contributed by atoms with E-state index in [0.717, 1.165) is 5.56 Å². The van der Waals surface area contributed by atoms with Crippen LogP contribution in [0, 0.1) is 5.82 Å².